The lowest BCUT2D eigenvalue weighted by Gasteiger charge is -2.30. The van der Waals surface area contributed by atoms with Crippen LogP contribution in [0.5, 0.6) is 5.75 Å². The Hall–Kier alpha value is -1.55. The van der Waals surface area contributed by atoms with E-state index in [1.165, 1.54) is 12.8 Å². The normalized spacial score (nSPS) is 30.5. The van der Waals surface area contributed by atoms with Gasteiger partial charge in [0.05, 0.1) is 0 Å². The highest BCUT2D eigenvalue weighted by Crippen LogP contribution is 2.48. The van der Waals surface area contributed by atoms with Crippen LogP contribution < -0.4 is 5.32 Å². The van der Waals surface area contributed by atoms with Crippen molar-refractivity contribution in [3.05, 3.63) is 29.8 Å². The molecule has 2 bridgehead atoms. The van der Waals surface area contributed by atoms with E-state index in [1.807, 2.05) is 12.1 Å². The molecular formula is C17H23NO3. The minimum Gasteiger partial charge on any atom is -0.508 e. The molecule has 0 heterocycles. The van der Waals surface area contributed by atoms with E-state index in [0.29, 0.717) is 24.7 Å². The standard InChI is InChI=1S/C17H23NO3/c19-10-14-12-5-6-13(9-12)17(14)18-16(21)8-7-11-3-1-2-4-15(11)20/h1-4,12-14,17,19-20H,5-10H2,(H,18,21). The average molecular weight is 289 g/mol. The zero-order chi connectivity index (χ0) is 14.8. The van der Waals surface area contributed by atoms with Gasteiger partial charge in [-0.25, -0.2) is 0 Å². The van der Waals surface area contributed by atoms with Gasteiger partial charge in [0.2, 0.25) is 5.91 Å². The average Bonchev–Trinajstić information content (AvgIpc) is 3.07. The van der Waals surface area contributed by atoms with E-state index in [-0.39, 0.29) is 30.2 Å². The first-order valence-electron chi connectivity index (χ1n) is 7.86. The van der Waals surface area contributed by atoms with Gasteiger partial charge in [0.25, 0.3) is 0 Å². The summed E-state index contributed by atoms with van der Waals surface area (Å²) in [6, 6.07) is 7.28. The Morgan fingerprint density at radius 3 is 2.76 bits per heavy atom. The minimum absolute atomic E-state index is 0.0225. The van der Waals surface area contributed by atoms with E-state index in [0.717, 1.165) is 12.0 Å². The molecule has 1 amide bonds. The second-order valence-corrected chi connectivity index (χ2v) is 6.40. The summed E-state index contributed by atoms with van der Waals surface area (Å²) in [6.07, 6.45) is 4.44. The highest BCUT2D eigenvalue weighted by atomic mass is 16.3. The molecule has 0 radical (unpaired) electrons. The van der Waals surface area contributed by atoms with Gasteiger partial charge >= 0.3 is 0 Å². The first-order valence-corrected chi connectivity index (χ1v) is 7.86. The molecule has 3 rings (SSSR count). The first kappa shape index (κ1) is 14.4. The number of aliphatic hydroxyl groups excluding tert-OH is 1. The number of carbonyl (C=O) groups is 1. The van der Waals surface area contributed by atoms with Crippen LogP contribution in [0.25, 0.3) is 0 Å². The molecule has 1 aromatic rings. The van der Waals surface area contributed by atoms with Gasteiger partial charge in [-0.2, -0.15) is 0 Å². The Morgan fingerprint density at radius 1 is 1.24 bits per heavy atom. The molecule has 2 fully saturated rings. The van der Waals surface area contributed by atoms with Crippen LogP contribution in [-0.2, 0) is 11.2 Å². The van der Waals surface area contributed by atoms with Crippen molar-refractivity contribution in [2.75, 3.05) is 6.61 Å². The minimum atomic E-state index is 0.0225. The van der Waals surface area contributed by atoms with Gasteiger partial charge in [-0.15, -0.1) is 0 Å². The van der Waals surface area contributed by atoms with E-state index in [9.17, 15) is 15.0 Å². The van der Waals surface area contributed by atoms with Crippen LogP contribution in [0.1, 0.15) is 31.2 Å². The number of nitrogens with one attached hydrogen (secondary N) is 1. The van der Waals surface area contributed by atoms with E-state index in [4.69, 9.17) is 0 Å². The molecule has 0 aliphatic heterocycles. The van der Waals surface area contributed by atoms with Crippen molar-refractivity contribution < 1.29 is 15.0 Å². The summed E-state index contributed by atoms with van der Waals surface area (Å²) in [6.45, 7) is 0.172. The third-order valence-electron chi connectivity index (χ3n) is 5.24. The number of rotatable bonds is 5. The van der Waals surface area contributed by atoms with E-state index >= 15 is 0 Å². The Balaban J connectivity index is 1.54. The molecule has 0 spiro atoms. The molecular weight excluding hydrogens is 266 g/mol. The molecule has 3 N–H and O–H groups in total. The SMILES string of the molecule is O=C(CCc1ccccc1O)NC1C2CCC(C2)C1CO. The molecule has 2 saturated carbocycles. The Morgan fingerprint density at radius 2 is 2.00 bits per heavy atom. The van der Waals surface area contributed by atoms with Crippen molar-refractivity contribution in [1.29, 1.82) is 0 Å². The highest BCUT2D eigenvalue weighted by Gasteiger charge is 2.47. The number of phenols is 1. The number of aryl methyl sites for hydroxylation is 1. The number of carbonyl (C=O) groups excluding carboxylic acids is 1. The maximum atomic E-state index is 12.1. The third kappa shape index (κ3) is 2.91. The van der Waals surface area contributed by atoms with Crippen molar-refractivity contribution in [3.8, 4) is 5.75 Å². The van der Waals surface area contributed by atoms with Gasteiger partial charge in [-0.1, -0.05) is 18.2 Å². The maximum Gasteiger partial charge on any atom is 0.220 e. The molecule has 4 nitrogen and oxygen atoms in total. The summed E-state index contributed by atoms with van der Waals surface area (Å²) in [5.41, 5.74) is 0.805. The van der Waals surface area contributed by atoms with Gasteiger partial charge in [0.1, 0.15) is 5.75 Å². The fraction of sp³-hybridized carbons (Fsp3) is 0.588. The summed E-state index contributed by atoms with van der Waals surface area (Å²) < 4.78 is 0. The van der Waals surface area contributed by atoms with Gasteiger partial charge in [-0.05, 0) is 49.1 Å². The lowest BCUT2D eigenvalue weighted by molar-refractivity contribution is -0.122. The van der Waals surface area contributed by atoms with Crippen LogP contribution in [0, 0.1) is 17.8 Å². The van der Waals surface area contributed by atoms with Crippen LogP contribution in [0.15, 0.2) is 24.3 Å². The number of phenolic OH excluding ortho intramolecular Hbond substituents is 1. The molecule has 4 heteroatoms. The first-order chi connectivity index (χ1) is 10.2. The van der Waals surface area contributed by atoms with Crippen LogP contribution >= 0.6 is 0 Å². The summed E-state index contributed by atoms with van der Waals surface area (Å²) in [7, 11) is 0. The predicted octanol–water partition coefficient (Wildman–Crippen LogP) is 1.85. The number of fused-ring (bicyclic) bond motifs is 2. The van der Waals surface area contributed by atoms with Crippen molar-refractivity contribution in [2.45, 2.75) is 38.1 Å². The van der Waals surface area contributed by atoms with Gasteiger partial charge < -0.3 is 15.5 Å². The summed E-state index contributed by atoms with van der Waals surface area (Å²) in [5, 5.41) is 22.4. The van der Waals surface area contributed by atoms with Gasteiger partial charge in [-0.3, -0.25) is 4.79 Å². The lowest BCUT2D eigenvalue weighted by atomic mass is 9.85. The van der Waals surface area contributed by atoms with Crippen LogP contribution in [0.2, 0.25) is 0 Å². The van der Waals surface area contributed by atoms with E-state index < -0.39 is 0 Å². The monoisotopic (exact) mass is 289 g/mol. The quantitative estimate of drug-likeness (QED) is 0.775. The van der Waals surface area contributed by atoms with Gasteiger partial charge in [0, 0.05) is 25.0 Å². The molecule has 114 valence electrons. The summed E-state index contributed by atoms with van der Waals surface area (Å²) in [4.78, 5) is 12.1. The van der Waals surface area contributed by atoms with Crippen LogP contribution in [0.3, 0.4) is 0 Å². The van der Waals surface area contributed by atoms with E-state index in [1.54, 1.807) is 12.1 Å². The summed E-state index contributed by atoms with van der Waals surface area (Å²) in [5.74, 6) is 1.63. The molecule has 2 aliphatic rings. The largest absolute Gasteiger partial charge is 0.508 e. The number of aromatic hydroxyl groups is 1. The Labute approximate surface area is 125 Å². The third-order valence-corrected chi connectivity index (χ3v) is 5.24. The number of aliphatic hydroxyl groups is 1. The number of benzene rings is 1. The lowest BCUT2D eigenvalue weighted by Crippen LogP contribution is -2.45. The Kier molecular flexibility index (Phi) is 4.15. The van der Waals surface area contributed by atoms with Crippen LogP contribution in [0.4, 0.5) is 0 Å². The second-order valence-electron chi connectivity index (χ2n) is 6.40. The number of amides is 1. The molecule has 2 aliphatic carbocycles. The number of hydrogen-bond donors (Lipinski definition) is 3. The fourth-order valence-electron chi connectivity index (χ4n) is 4.13. The maximum absolute atomic E-state index is 12.1. The predicted molar refractivity (Wildman–Crippen MR) is 79.8 cm³/mol. The van der Waals surface area contributed by atoms with Crippen molar-refractivity contribution in [3.63, 3.8) is 0 Å². The van der Waals surface area contributed by atoms with Gasteiger partial charge in [0.15, 0.2) is 0 Å². The second kappa shape index (κ2) is 6.06. The van der Waals surface area contributed by atoms with Crippen molar-refractivity contribution in [2.24, 2.45) is 17.8 Å². The fourth-order valence-corrected chi connectivity index (χ4v) is 4.13. The molecule has 21 heavy (non-hydrogen) atoms. The zero-order valence-electron chi connectivity index (χ0n) is 12.2. The molecule has 4 atom stereocenters. The molecule has 1 aromatic carbocycles. The summed E-state index contributed by atoms with van der Waals surface area (Å²) >= 11 is 0. The molecule has 0 aromatic heterocycles. The number of hydrogen-bond acceptors (Lipinski definition) is 3. The topological polar surface area (TPSA) is 69.6 Å². The van der Waals surface area contributed by atoms with Crippen molar-refractivity contribution >= 4 is 5.91 Å². The zero-order valence-corrected chi connectivity index (χ0v) is 12.2. The molecule has 0 saturated heterocycles. The van der Waals surface area contributed by atoms with Crippen molar-refractivity contribution in [1.82, 2.24) is 5.32 Å². The Bertz CT molecular complexity index is 517. The van der Waals surface area contributed by atoms with Crippen LogP contribution in [-0.4, -0.2) is 28.8 Å². The number of para-hydroxylation sites is 1. The smallest absolute Gasteiger partial charge is 0.220 e. The highest BCUT2D eigenvalue weighted by molar-refractivity contribution is 5.76. The van der Waals surface area contributed by atoms with E-state index in [2.05, 4.69) is 5.32 Å². The molecule has 4 unspecified atom stereocenters.